The maximum Gasteiger partial charge on any atom is 0.226 e. The molecule has 1 fully saturated rings. The third-order valence-corrected chi connectivity index (χ3v) is 4.08. The lowest BCUT2D eigenvalue weighted by atomic mass is 9.85. The van der Waals surface area contributed by atoms with E-state index < -0.39 is 0 Å². The molecule has 1 aromatic rings. The summed E-state index contributed by atoms with van der Waals surface area (Å²) in [5, 5.41) is 0. The first-order chi connectivity index (χ1) is 10.2. The van der Waals surface area contributed by atoms with Crippen LogP contribution in [0.3, 0.4) is 0 Å². The second-order valence-corrected chi connectivity index (χ2v) is 5.69. The van der Waals surface area contributed by atoms with Gasteiger partial charge in [0.1, 0.15) is 0 Å². The number of nitrogens with two attached hydrogens (primary N) is 1. The Balaban J connectivity index is 1.99. The average molecular weight is 291 g/mol. The van der Waals surface area contributed by atoms with Gasteiger partial charge in [-0.2, -0.15) is 0 Å². The Kier molecular flexibility index (Phi) is 6.14. The first-order valence-electron chi connectivity index (χ1n) is 7.64. The molecular formula is C16H25N3O2. The molecule has 116 valence electrons. The molecule has 0 atom stereocenters. The molecule has 1 heterocycles. The van der Waals surface area contributed by atoms with E-state index >= 15 is 0 Å². The molecule has 1 aliphatic rings. The predicted octanol–water partition coefficient (Wildman–Crippen LogP) is 1.57. The SMILES string of the molecule is COCCN(Cc1ccccn1)C(=O)C1CCC(N)CC1. The Bertz CT molecular complexity index is 430. The minimum Gasteiger partial charge on any atom is -0.383 e. The van der Waals surface area contributed by atoms with Crippen LogP contribution in [-0.4, -0.2) is 42.1 Å². The Morgan fingerprint density at radius 1 is 1.38 bits per heavy atom. The van der Waals surface area contributed by atoms with Crippen LogP contribution >= 0.6 is 0 Å². The standard InChI is InChI=1S/C16H25N3O2/c1-21-11-10-19(12-15-4-2-3-9-18-15)16(20)13-5-7-14(17)8-6-13/h2-4,9,13-14H,5-8,10-12,17H2,1H3. The van der Waals surface area contributed by atoms with Gasteiger partial charge in [0, 0.05) is 31.8 Å². The van der Waals surface area contributed by atoms with Crippen LogP contribution in [0.25, 0.3) is 0 Å². The van der Waals surface area contributed by atoms with Crippen molar-refractivity contribution in [2.24, 2.45) is 11.7 Å². The number of rotatable bonds is 6. The van der Waals surface area contributed by atoms with Crippen molar-refractivity contribution in [1.82, 2.24) is 9.88 Å². The number of methoxy groups -OCH3 is 1. The zero-order chi connectivity index (χ0) is 15.1. The van der Waals surface area contributed by atoms with Gasteiger partial charge in [0.25, 0.3) is 0 Å². The van der Waals surface area contributed by atoms with Crippen molar-refractivity contribution in [2.45, 2.75) is 38.3 Å². The highest BCUT2D eigenvalue weighted by atomic mass is 16.5. The van der Waals surface area contributed by atoms with Gasteiger partial charge in [-0.25, -0.2) is 0 Å². The molecule has 2 N–H and O–H groups in total. The molecule has 0 aromatic carbocycles. The molecule has 0 saturated heterocycles. The van der Waals surface area contributed by atoms with Gasteiger partial charge >= 0.3 is 0 Å². The molecule has 2 rings (SSSR count). The maximum atomic E-state index is 12.7. The zero-order valence-electron chi connectivity index (χ0n) is 12.7. The summed E-state index contributed by atoms with van der Waals surface area (Å²) in [5.74, 6) is 0.315. The summed E-state index contributed by atoms with van der Waals surface area (Å²) in [5.41, 5.74) is 6.83. The number of amides is 1. The highest BCUT2D eigenvalue weighted by Gasteiger charge is 2.28. The molecule has 1 saturated carbocycles. The lowest BCUT2D eigenvalue weighted by Crippen LogP contribution is -2.40. The van der Waals surface area contributed by atoms with Gasteiger partial charge in [-0.05, 0) is 37.8 Å². The van der Waals surface area contributed by atoms with Crippen molar-refractivity contribution < 1.29 is 9.53 Å². The van der Waals surface area contributed by atoms with Gasteiger partial charge in [0.05, 0.1) is 18.8 Å². The number of hydrogen-bond acceptors (Lipinski definition) is 4. The third-order valence-electron chi connectivity index (χ3n) is 4.08. The molecule has 5 nitrogen and oxygen atoms in total. The fraction of sp³-hybridized carbons (Fsp3) is 0.625. The monoisotopic (exact) mass is 291 g/mol. The average Bonchev–Trinajstić information content (AvgIpc) is 2.52. The zero-order valence-corrected chi connectivity index (χ0v) is 12.7. The Morgan fingerprint density at radius 2 is 2.14 bits per heavy atom. The Labute approximate surface area is 126 Å². The van der Waals surface area contributed by atoms with Crippen molar-refractivity contribution >= 4 is 5.91 Å². The third kappa shape index (κ3) is 4.79. The normalized spacial score (nSPS) is 22.0. The topological polar surface area (TPSA) is 68.5 Å². The molecule has 0 bridgehead atoms. The van der Waals surface area contributed by atoms with E-state index in [-0.39, 0.29) is 17.9 Å². The van der Waals surface area contributed by atoms with Crippen LogP contribution in [0.4, 0.5) is 0 Å². The van der Waals surface area contributed by atoms with E-state index in [1.807, 2.05) is 23.1 Å². The number of carbonyl (C=O) groups excluding carboxylic acids is 1. The first-order valence-corrected chi connectivity index (χ1v) is 7.64. The van der Waals surface area contributed by atoms with Crippen molar-refractivity contribution in [3.05, 3.63) is 30.1 Å². The summed E-state index contributed by atoms with van der Waals surface area (Å²) in [6.07, 6.45) is 5.43. The minimum absolute atomic E-state index is 0.102. The molecule has 1 aromatic heterocycles. The molecule has 21 heavy (non-hydrogen) atoms. The van der Waals surface area contributed by atoms with Crippen molar-refractivity contribution in [1.29, 1.82) is 0 Å². The number of pyridine rings is 1. The van der Waals surface area contributed by atoms with Gasteiger partial charge in [-0.15, -0.1) is 0 Å². The van der Waals surface area contributed by atoms with Crippen LogP contribution in [0, 0.1) is 5.92 Å². The number of hydrogen-bond donors (Lipinski definition) is 1. The molecule has 0 aliphatic heterocycles. The molecule has 0 spiro atoms. The van der Waals surface area contributed by atoms with E-state index in [0.29, 0.717) is 19.7 Å². The number of carbonyl (C=O) groups is 1. The van der Waals surface area contributed by atoms with E-state index in [1.165, 1.54) is 0 Å². The van der Waals surface area contributed by atoms with E-state index in [9.17, 15) is 4.79 Å². The van der Waals surface area contributed by atoms with Crippen molar-refractivity contribution in [3.63, 3.8) is 0 Å². The van der Waals surface area contributed by atoms with Crippen LogP contribution < -0.4 is 5.73 Å². The highest BCUT2D eigenvalue weighted by Crippen LogP contribution is 2.25. The number of ether oxygens (including phenoxy) is 1. The van der Waals surface area contributed by atoms with Crippen LogP contribution in [0.15, 0.2) is 24.4 Å². The van der Waals surface area contributed by atoms with E-state index in [4.69, 9.17) is 10.5 Å². The van der Waals surface area contributed by atoms with Crippen molar-refractivity contribution in [3.8, 4) is 0 Å². The lowest BCUT2D eigenvalue weighted by Gasteiger charge is -2.31. The van der Waals surface area contributed by atoms with E-state index in [0.717, 1.165) is 31.4 Å². The molecular weight excluding hydrogens is 266 g/mol. The van der Waals surface area contributed by atoms with Gasteiger partial charge in [-0.1, -0.05) is 6.07 Å². The van der Waals surface area contributed by atoms with Crippen LogP contribution in [0.2, 0.25) is 0 Å². The summed E-state index contributed by atoms with van der Waals surface area (Å²) in [6, 6.07) is 6.04. The number of aromatic nitrogens is 1. The molecule has 0 radical (unpaired) electrons. The van der Waals surface area contributed by atoms with Gasteiger partial charge < -0.3 is 15.4 Å². The molecule has 1 amide bonds. The molecule has 0 unspecified atom stereocenters. The quantitative estimate of drug-likeness (QED) is 0.864. The minimum atomic E-state index is 0.102. The van der Waals surface area contributed by atoms with Crippen LogP contribution in [0.1, 0.15) is 31.4 Å². The largest absolute Gasteiger partial charge is 0.383 e. The fourth-order valence-electron chi connectivity index (χ4n) is 2.78. The summed E-state index contributed by atoms with van der Waals surface area (Å²) in [6.45, 7) is 1.70. The second-order valence-electron chi connectivity index (χ2n) is 5.69. The summed E-state index contributed by atoms with van der Waals surface area (Å²) in [4.78, 5) is 18.9. The summed E-state index contributed by atoms with van der Waals surface area (Å²) in [7, 11) is 1.66. The number of nitrogens with zero attached hydrogens (tertiary/aromatic N) is 2. The van der Waals surface area contributed by atoms with Crippen LogP contribution in [0.5, 0.6) is 0 Å². The van der Waals surface area contributed by atoms with Crippen LogP contribution in [-0.2, 0) is 16.1 Å². The Morgan fingerprint density at radius 3 is 2.76 bits per heavy atom. The Hall–Kier alpha value is -1.46. The maximum absolute atomic E-state index is 12.7. The van der Waals surface area contributed by atoms with Gasteiger partial charge in [-0.3, -0.25) is 9.78 Å². The first kappa shape index (κ1) is 15.9. The molecule has 1 aliphatic carbocycles. The van der Waals surface area contributed by atoms with Gasteiger partial charge in [0.15, 0.2) is 0 Å². The predicted molar refractivity (Wildman–Crippen MR) is 81.5 cm³/mol. The highest BCUT2D eigenvalue weighted by molar-refractivity contribution is 5.79. The van der Waals surface area contributed by atoms with Crippen molar-refractivity contribution in [2.75, 3.05) is 20.3 Å². The second kappa shape index (κ2) is 8.10. The smallest absolute Gasteiger partial charge is 0.226 e. The lowest BCUT2D eigenvalue weighted by molar-refractivity contribution is -0.138. The van der Waals surface area contributed by atoms with Gasteiger partial charge in [0.2, 0.25) is 5.91 Å². The summed E-state index contributed by atoms with van der Waals surface area (Å²) < 4.78 is 5.13. The van der Waals surface area contributed by atoms with E-state index in [1.54, 1.807) is 13.3 Å². The molecule has 5 heteroatoms. The fourth-order valence-corrected chi connectivity index (χ4v) is 2.78. The van der Waals surface area contributed by atoms with E-state index in [2.05, 4.69) is 4.98 Å². The summed E-state index contributed by atoms with van der Waals surface area (Å²) >= 11 is 0.